The highest BCUT2D eigenvalue weighted by atomic mass is 32.2. The molecule has 1 aliphatic rings. The Balaban J connectivity index is 2.21. The molecule has 2 rings (SSSR count). The first kappa shape index (κ1) is 15.3. The van der Waals surface area contributed by atoms with E-state index >= 15 is 0 Å². The molecule has 5 heteroatoms. The Morgan fingerprint density at radius 3 is 2.60 bits per heavy atom. The van der Waals surface area contributed by atoms with Crippen molar-refractivity contribution in [1.82, 2.24) is 0 Å². The number of nitrogens with zero attached hydrogens (tertiary/aromatic N) is 1. The highest BCUT2D eigenvalue weighted by Gasteiger charge is 2.22. The summed E-state index contributed by atoms with van der Waals surface area (Å²) in [6.07, 6.45) is 6.82. The second-order valence-corrected chi connectivity index (χ2v) is 7.44. The largest absolute Gasteiger partial charge is 0.270 e. The molecule has 0 heterocycles. The maximum Gasteiger partial charge on any atom is 0.232 e. The third kappa shape index (κ3) is 3.95. The van der Waals surface area contributed by atoms with Gasteiger partial charge in [-0.25, -0.2) is 12.8 Å². The van der Waals surface area contributed by atoms with Gasteiger partial charge in [0.05, 0.1) is 11.9 Å². The third-order valence-electron chi connectivity index (χ3n) is 3.76. The van der Waals surface area contributed by atoms with Crippen LogP contribution in [-0.2, 0) is 16.4 Å². The molecule has 0 radical (unpaired) electrons. The molecule has 0 N–H and O–H groups in total. The number of aryl methyl sites for hydroxylation is 1. The summed E-state index contributed by atoms with van der Waals surface area (Å²) in [6.45, 7) is 2.08. The number of anilines is 1. The average molecular weight is 299 g/mol. The van der Waals surface area contributed by atoms with E-state index in [-0.39, 0.29) is 0 Å². The van der Waals surface area contributed by atoms with Crippen LogP contribution in [0.3, 0.4) is 0 Å². The maximum absolute atomic E-state index is 13.5. The molecule has 0 aromatic heterocycles. The predicted octanol–water partition coefficient (Wildman–Crippen LogP) is 3.34. The van der Waals surface area contributed by atoms with E-state index in [4.69, 9.17) is 0 Å². The summed E-state index contributed by atoms with van der Waals surface area (Å²) >= 11 is 0. The van der Waals surface area contributed by atoms with Crippen LogP contribution in [0.1, 0.15) is 38.2 Å². The van der Waals surface area contributed by atoms with Crippen LogP contribution in [0.2, 0.25) is 0 Å². The summed E-state index contributed by atoms with van der Waals surface area (Å²) in [7, 11) is -3.37. The lowest BCUT2D eigenvalue weighted by molar-refractivity contribution is 0.596. The van der Waals surface area contributed by atoms with Gasteiger partial charge in [-0.3, -0.25) is 4.31 Å². The molecule has 112 valence electrons. The van der Waals surface area contributed by atoms with Gasteiger partial charge in [0.25, 0.3) is 0 Å². The monoisotopic (exact) mass is 299 g/mol. The van der Waals surface area contributed by atoms with Gasteiger partial charge in [-0.1, -0.05) is 25.3 Å². The minimum absolute atomic E-state index is 0.317. The Hall–Kier alpha value is -1.10. The highest BCUT2D eigenvalue weighted by Crippen LogP contribution is 2.34. The highest BCUT2D eigenvalue weighted by molar-refractivity contribution is 7.92. The van der Waals surface area contributed by atoms with E-state index in [0.717, 1.165) is 30.6 Å². The molecule has 20 heavy (non-hydrogen) atoms. The van der Waals surface area contributed by atoms with Crippen LogP contribution in [0.4, 0.5) is 10.1 Å². The molecule has 0 atom stereocenters. The summed E-state index contributed by atoms with van der Waals surface area (Å²) in [6, 6.07) is 4.45. The molecule has 0 bridgehead atoms. The smallest absolute Gasteiger partial charge is 0.232 e. The quantitative estimate of drug-likeness (QED) is 0.774. The normalized spacial score (nSPS) is 15.3. The van der Waals surface area contributed by atoms with Crippen molar-refractivity contribution in [2.75, 3.05) is 17.1 Å². The van der Waals surface area contributed by atoms with Crippen LogP contribution in [0, 0.1) is 11.7 Å². The Morgan fingerprint density at radius 2 is 2.05 bits per heavy atom. The van der Waals surface area contributed by atoms with Gasteiger partial charge in [0, 0.05) is 6.54 Å². The second kappa shape index (κ2) is 6.12. The topological polar surface area (TPSA) is 37.4 Å². The van der Waals surface area contributed by atoms with E-state index < -0.39 is 15.8 Å². The minimum atomic E-state index is -3.37. The molecular formula is C15H22FNO2S. The van der Waals surface area contributed by atoms with Crippen LogP contribution in [0.15, 0.2) is 18.2 Å². The second-order valence-electron chi connectivity index (χ2n) is 5.54. The average Bonchev–Trinajstić information content (AvgIpc) is 3.15. The molecule has 1 aliphatic carbocycles. The Kier molecular flexibility index (Phi) is 4.68. The first-order chi connectivity index (χ1) is 9.41. The van der Waals surface area contributed by atoms with Crippen molar-refractivity contribution in [3.05, 3.63) is 29.6 Å². The fourth-order valence-corrected chi connectivity index (χ4v) is 3.55. The fourth-order valence-electron chi connectivity index (χ4n) is 2.55. The summed E-state index contributed by atoms with van der Waals surface area (Å²) in [5, 5.41) is 0. The van der Waals surface area contributed by atoms with E-state index in [9.17, 15) is 12.8 Å². The lowest BCUT2D eigenvalue weighted by Crippen LogP contribution is -2.30. The fraction of sp³-hybridized carbons (Fsp3) is 0.600. The van der Waals surface area contributed by atoms with Crippen molar-refractivity contribution in [1.29, 1.82) is 0 Å². The van der Waals surface area contributed by atoms with Gasteiger partial charge in [0.15, 0.2) is 0 Å². The third-order valence-corrected chi connectivity index (χ3v) is 5.01. The standard InChI is InChI=1S/C15H22FNO2S/c1-3-17(20(2,18)19)15-11-14(16)10-9-13(15)6-4-5-12-7-8-12/h9-12H,3-8H2,1-2H3. The molecule has 0 aliphatic heterocycles. The van der Waals surface area contributed by atoms with E-state index in [1.807, 2.05) is 0 Å². The van der Waals surface area contributed by atoms with Crippen LogP contribution >= 0.6 is 0 Å². The van der Waals surface area contributed by atoms with Crippen LogP contribution in [0.25, 0.3) is 0 Å². The molecule has 0 saturated heterocycles. The summed E-state index contributed by atoms with van der Waals surface area (Å²) < 4.78 is 38.4. The molecule has 1 saturated carbocycles. The van der Waals surface area contributed by atoms with Gasteiger partial charge in [0.2, 0.25) is 10.0 Å². The molecule has 0 spiro atoms. The van der Waals surface area contributed by atoms with Crippen LogP contribution < -0.4 is 4.31 Å². The summed E-state index contributed by atoms with van der Waals surface area (Å²) in [4.78, 5) is 0. The molecule has 0 amide bonds. The predicted molar refractivity (Wildman–Crippen MR) is 79.9 cm³/mol. The number of benzene rings is 1. The first-order valence-electron chi connectivity index (χ1n) is 7.18. The van der Waals surface area contributed by atoms with Crippen molar-refractivity contribution in [2.24, 2.45) is 5.92 Å². The van der Waals surface area contributed by atoms with Gasteiger partial charge in [-0.05, 0) is 43.4 Å². The molecule has 1 fully saturated rings. The zero-order chi connectivity index (χ0) is 14.8. The van der Waals surface area contributed by atoms with E-state index in [0.29, 0.717) is 12.2 Å². The number of halogens is 1. The zero-order valence-corrected chi connectivity index (χ0v) is 12.9. The summed E-state index contributed by atoms with van der Waals surface area (Å²) in [5.41, 5.74) is 1.41. The van der Waals surface area contributed by atoms with Crippen molar-refractivity contribution in [3.63, 3.8) is 0 Å². The van der Waals surface area contributed by atoms with Crippen molar-refractivity contribution < 1.29 is 12.8 Å². The van der Waals surface area contributed by atoms with Crippen molar-refractivity contribution in [2.45, 2.75) is 39.0 Å². The molecule has 1 aromatic rings. The van der Waals surface area contributed by atoms with Gasteiger partial charge in [0.1, 0.15) is 5.82 Å². The van der Waals surface area contributed by atoms with Gasteiger partial charge in [-0.15, -0.1) is 0 Å². The first-order valence-corrected chi connectivity index (χ1v) is 9.02. The lowest BCUT2D eigenvalue weighted by Gasteiger charge is -2.23. The van der Waals surface area contributed by atoms with Crippen molar-refractivity contribution in [3.8, 4) is 0 Å². The Morgan fingerprint density at radius 1 is 1.35 bits per heavy atom. The SMILES string of the molecule is CCN(c1cc(F)ccc1CCCC1CC1)S(C)(=O)=O. The number of hydrogen-bond acceptors (Lipinski definition) is 2. The van der Waals surface area contributed by atoms with Gasteiger partial charge in [-0.2, -0.15) is 0 Å². The van der Waals surface area contributed by atoms with Crippen LogP contribution in [-0.4, -0.2) is 21.2 Å². The molecule has 3 nitrogen and oxygen atoms in total. The lowest BCUT2D eigenvalue weighted by atomic mass is 10.0. The number of sulfonamides is 1. The molecular weight excluding hydrogens is 277 g/mol. The van der Waals surface area contributed by atoms with Gasteiger partial charge >= 0.3 is 0 Å². The number of rotatable bonds is 7. The number of hydrogen-bond donors (Lipinski definition) is 0. The van der Waals surface area contributed by atoms with Crippen molar-refractivity contribution >= 4 is 15.7 Å². The Bertz CT molecular complexity index is 567. The van der Waals surface area contributed by atoms with E-state index in [1.165, 1.54) is 35.7 Å². The molecule has 0 unspecified atom stereocenters. The molecule has 1 aromatic carbocycles. The maximum atomic E-state index is 13.5. The van der Waals surface area contributed by atoms with Crippen LogP contribution in [0.5, 0.6) is 0 Å². The van der Waals surface area contributed by atoms with E-state index in [1.54, 1.807) is 13.0 Å². The minimum Gasteiger partial charge on any atom is -0.270 e. The van der Waals surface area contributed by atoms with Gasteiger partial charge < -0.3 is 0 Å². The Labute approximate surface area is 120 Å². The summed E-state index contributed by atoms with van der Waals surface area (Å²) in [5.74, 6) is 0.462. The zero-order valence-electron chi connectivity index (χ0n) is 12.1. The van der Waals surface area contributed by atoms with E-state index in [2.05, 4.69) is 0 Å².